The van der Waals surface area contributed by atoms with Gasteiger partial charge in [-0.3, -0.25) is 19.8 Å². The smallest absolute Gasteiger partial charge is 0.242 e. The molecule has 1 aromatic carbocycles. The zero-order chi connectivity index (χ0) is 33.9. The number of likely N-dealkylation sites (N-methyl/N-ethyl adjacent to an activating group) is 1. The molecule has 0 saturated carbocycles. The van der Waals surface area contributed by atoms with Crippen molar-refractivity contribution in [3.63, 3.8) is 0 Å². The maximum atomic E-state index is 12.2. The summed E-state index contributed by atoms with van der Waals surface area (Å²) in [4.78, 5) is 34.3. The Labute approximate surface area is 270 Å². The van der Waals surface area contributed by atoms with Crippen LogP contribution in [0.25, 0.3) is 0 Å². The largest absolute Gasteiger partial charge is 0.501 e. The molecular formula is C34H56N6O5. The number of hydrogen-bond donors (Lipinski definition) is 6. The number of nitrogens with two attached hydrogens (primary N) is 1. The van der Waals surface area contributed by atoms with Gasteiger partial charge in [0.2, 0.25) is 18.2 Å². The first-order chi connectivity index (χ1) is 21.7. The Morgan fingerprint density at radius 1 is 1.11 bits per heavy atom. The zero-order valence-electron chi connectivity index (χ0n) is 28.1. The number of amides is 3. The van der Waals surface area contributed by atoms with Crippen molar-refractivity contribution in [2.24, 2.45) is 5.73 Å². The quantitative estimate of drug-likeness (QED) is 0.0621. The first-order valence-electron chi connectivity index (χ1n) is 15.8. The summed E-state index contributed by atoms with van der Waals surface area (Å²) in [5.74, 6) is 1.40. The van der Waals surface area contributed by atoms with Crippen LogP contribution in [-0.2, 0) is 25.5 Å². The third-order valence-corrected chi connectivity index (χ3v) is 6.15. The van der Waals surface area contributed by atoms with Gasteiger partial charge >= 0.3 is 0 Å². The van der Waals surface area contributed by atoms with E-state index in [9.17, 15) is 14.4 Å². The summed E-state index contributed by atoms with van der Waals surface area (Å²) >= 11 is 0. The van der Waals surface area contributed by atoms with Crippen molar-refractivity contribution < 1.29 is 23.9 Å². The predicted octanol–water partition coefficient (Wildman–Crippen LogP) is 3.88. The van der Waals surface area contributed by atoms with Crippen LogP contribution >= 0.6 is 0 Å². The molecule has 252 valence electrons. The van der Waals surface area contributed by atoms with Gasteiger partial charge in [0, 0.05) is 31.6 Å². The van der Waals surface area contributed by atoms with Crippen molar-refractivity contribution >= 4 is 24.1 Å². The van der Waals surface area contributed by atoms with Crippen LogP contribution in [0.5, 0.6) is 5.75 Å². The van der Waals surface area contributed by atoms with E-state index < -0.39 is 6.04 Å². The summed E-state index contributed by atoms with van der Waals surface area (Å²) in [5.41, 5.74) is 8.36. The van der Waals surface area contributed by atoms with Crippen molar-refractivity contribution in [3.05, 3.63) is 65.0 Å². The van der Waals surface area contributed by atoms with E-state index in [2.05, 4.69) is 60.3 Å². The Bertz CT molecular complexity index is 1120. The molecule has 45 heavy (non-hydrogen) atoms. The van der Waals surface area contributed by atoms with Crippen LogP contribution in [0.1, 0.15) is 77.8 Å². The van der Waals surface area contributed by atoms with Crippen molar-refractivity contribution in [1.82, 2.24) is 21.3 Å². The highest BCUT2D eigenvalue weighted by Crippen LogP contribution is 2.22. The molecule has 1 aliphatic rings. The number of carbonyl (C=O) groups is 3. The average Bonchev–Trinajstić information content (AvgIpc) is 3.23. The molecule has 3 amide bonds. The highest BCUT2D eigenvalue weighted by atomic mass is 16.5. The second kappa shape index (κ2) is 26.3. The van der Waals surface area contributed by atoms with Crippen LogP contribution in [-0.4, -0.2) is 70.0 Å². The van der Waals surface area contributed by atoms with Gasteiger partial charge in [0.1, 0.15) is 24.2 Å². The van der Waals surface area contributed by atoms with Crippen molar-refractivity contribution in [3.8, 4) is 5.75 Å². The van der Waals surface area contributed by atoms with Crippen molar-refractivity contribution in [2.75, 3.05) is 39.9 Å². The maximum absolute atomic E-state index is 12.2. The number of hydrogen-bond acceptors (Lipinski definition) is 7. The summed E-state index contributed by atoms with van der Waals surface area (Å²) in [6.45, 7) is 12.3. The molecule has 1 aromatic rings. The number of nitrogen functional groups attached to an aromatic ring is 1. The van der Waals surface area contributed by atoms with Gasteiger partial charge in [0.25, 0.3) is 0 Å². The lowest BCUT2D eigenvalue weighted by Crippen LogP contribution is -2.43. The van der Waals surface area contributed by atoms with Crippen LogP contribution in [0.3, 0.4) is 0 Å². The lowest BCUT2D eigenvalue weighted by Gasteiger charge is -2.16. The number of ether oxygens (including phenoxy) is 2. The Balaban J connectivity index is 0.00000123. The van der Waals surface area contributed by atoms with E-state index in [4.69, 9.17) is 20.6 Å². The van der Waals surface area contributed by atoms with Gasteiger partial charge in [0.15, 0.2) is 0 Å². The number of nitrogens with one attached hydrogen (secondary N) is 5. The zero-order valence-corrected chi connectivity index (χ0v) is 28.1. The molecular weight excluding hydrogens is 572 g/mol. The minimum Gasteiger partial charge on any atom is -0.501 e. The molecule has 11 nitrogen and oxygen atoms in total. The van der Waals surface area contributed by atoms with Crippen molar-refractivity contribution in [1.29, 1.82) is 5.41 Å². The number of rotatable bonds is 18. The Hall–Kier alpha value is -4.12. The van der Waals surface area contributed by atoms with Gasteiger partial charge in [-0.1, -0.05) is 57.4 Å². The van der Waals surface area contributed by atoms with Gasteiger partial charge in [-0.05, 0) is 62.9 Å². The van der Waals surface area contributed by atoms with Crippen LogP contribution in [0.2, 0.25) is 0 Å². The fourth-order valence-electron chi connectivity index (χ4n) is 3.91. The molecule has 0 aromatic heterocycles. The molecule has 11 heteroatoms. The van der Waals surface area contributed by atoms with Crippen molar-refractivity contribution in [2.45, 2.75) is 79.2 Å². The third-order valence-electron chi connectivity index (χ3n) is 6.15. The number of benzene rings is 1. The monoisotopic (exact) mass is 628 g/mol. The number of carbonyl (C=O) groups excluding carboxylic acids is 3. The third kappa shape index (κ3) is 19.7. The number of allylic oxidation sites excluding steroid dienone is 5. The van der Waals surface area contributed by atoms with Gasteiger partial charge in [0.05, 0.1) is 19.4 Å². The summed E-state index contributed by atoms with van der Waals surface area (Å²) in [5, 5.41) is 18.8. The van der Waals surface area contributed by atoms with Gasteiger partial charge in [-0.25, -0.2) is 0 Å². The Morgan fingerprint density at radius 3 is 2.47 bits per heavy atom. The molecule has 7 N–H and O–H groups in total. The van der Waals surface area contributed by atoms with E-state index in [1.54, 1.807) is 19.2 Å². The number of amidine groups is 1. The van der Waals surface area contributed by atoms with Gasteiger partial charge < -0.3 is 36.5 Å². The number of methoxy groups -OCH3 is 1. The minimum absolute atomic E-state index is 0.0305. The van der Waals surface area contributed by atoms with E-state index in [0.29, 0.717) is 63.2 Å². The second-order valence-corrected chi connectivity index (χ2v) is 10.3. The summed E-state index contributed by atoms with van der Waals surface area (Å²) < 4.78 is 10.9. The van der Waals surface area contributed by atoms with Crippen LogP contribution in [0.15, 0.2) is 53.8 Å². The van der Waals surface area contributed by atoms with Gasteiger partial charge in [-0.15, -0.1) is 0 Å². The fourth-order valence-corrected chi connectivity index (χ4v) is 3.91. The molecule has 1 atom stereocenters. The van der Waals surface area contributed by atoms with E-state index in [1.807, 2.05) is 26.0 Å². The van der Waals surface area contributed by atoms with Crippen LogP contribution < -0.4 is 31.7 Å². The highest BCUT2D eigenvalue weighted by molar-refractivity contribution is 5.95. The van der Waals surface area contributed by atoms with E-state index in [0.717, 1.165) is 24.2 Å². The lowest BCUT2D eigenvalue weighted by molar-refractivity contribution is -0.125. The summed E-state index contributed by atoms with van der Waals surface area (Å²) in [7, 11) is 1.70. The molecule has 0 spiro atoms. The molecule has 0 aliphatic heterocycles. The summed E-state index contributed by atoms with van der Waals surface area (Å²) in [6, 6.07) is 4.80. The molecule has 0 fully saturated rings. The SMILES string of the molecule is CCC.CCCC(NC=O)C(=O)NCCCc1cc(C(=N)N)ccc1OCCNCC(=O)NCC.COC1=CC=C(C)C=CC1. The summed E-state index contributed by atoms with van der Waals surface area (Å²) in [6.07, 6.45) is 13.6. The van der Waals surface area contributed by atoms with E-state index >= 15 is 0 Å². The molecule has 2 rings (SSSR count). The lowest BCUT2D eigenvalue weighted by atomic mass is 10.0. The molecule has 0 bridgehead atoms. The topological polar surface area (TPSA) is 168 Å². The molecule has 0 saturated heterocycles. The molecule has 1 unspecified atom stereocenters. The van der Waals surface area contributed by atoms with Crippen LogP contribution in [0.4, 0.5) is 0 Å². The molecule has 0 radical (unpaired) electrons. The average molecular weight is 629 g/mol. The maximum Gasteiger partial charge on any atom is 0.242 e. The second-order valence-electron chi connectivity index (χ2n) is 10.3. The molecule has 0 heterocycles. The standard InChI is InChI=1S/C22H36N6O4.C9H12O.C3H8/c1-3-6-18(28-15-29)22(31)27-10-5-7-16-13-17(21(23)24)8-9-19(16)32-12-11-25-14-20(30)26-4-2;1-8-4-3-5-9(10-2)7-6-8;1-3-2/h8-9,13,15,18,25H,3-7,10-12,14H2,1-2H3,(H3,23,24)(H,26,30)(H,27,31)(H,28,29);3-4,6-7H,5H2,1-2H3;3H2,1-2H3. The van der Waals surface area contributed by atoms with Crippen LogP contribution in [0, 0.1) is 5.41 Å². The highest BCUT2D eigenvalue weighted by Gasteiger charge is 2.16. The van der Waals surface area contributed by atoms with E-state index in [1.165, 1.54) is 12.0 Å². The fraction of sp³-hybridized carbons (Fsp3) is 0.529. The molecule has 1 aliphatic carbocycles. The predicted molar refractivity (Wildman–Crippen MR) is 182 cm³/mol. The van der Waals surface area contributed by atoms with Gasteiger partial charge in [-0.2, -0.15) is 0 Å². The Kier molecular flexibility index (Phi) is 23.9. The first-order valence-corrected chi connectivity index (χ1v) is 15.8. The van der Waals surface area contributed by atoms with E-state index in [-0.39, 0.29) is 24.2 Å². The Morgan fingerprint density at radius 2 is 1.84 bits per heavy atom. The number of aryl methyl sites for hydroxylation is 1. The normalized spacial score (nSPS) is 12.3. The first kappa shape index (κ1) is 40.9. The minimum atomic E-state index is -0.524.